The summed E-state index contributed by atoms with van der Waals surface area (Å²) in [6.45, 7) is 3.04. The van der Waals surface area contributed by atoms with Gasteiger partial charge >= 0.3 is 0 Å². The quantitative estimate of drug-likeness (QED) is 0.567. The average molecular weight is 251 g/mol. The lowest BCUT2D eigenvalue weighted by atomic mass is 10.2. The maximum absolute atomic E-state index is 13.2. The molecule has 4 heteroatoms. The molecule has 0 aliphatic heterocycles. The zero-order valence-corrected chi connectivity index (χ0v) is 10.4. The minimum atomic E-state index is -0.615. The van der Waals surface area contributed by atoms with Gasteiger partial charge in [0.25, 0.3) is 0 Å². The molecule has 2 N–H and O–H groups in total. The Labute approximate surface area is 107 Å². The van der Waals surface area contributed by atoms with Crippen LogP contribution in [0.2, 0.25) is 0 Å². The highest BCUT2D eigenvalue weighted by molar-refractivity contribution is 5.16. The van der Waals surface area contributed by atoms with Gasteiger partial charge in [0, 0.05) is 12.1 Å². The van der Waals surface area contributed by atoms with E-state index in [0.29, 0.717) is 18.7 Å². The van der Waals surface area contributed by atoms with Crippen LogP contribution in [-0.2, 0) is 11.3 Å². The van der Waals surface area contributed by atoms with Crippen molar-refractivity contribution in [3.8, 4) is 11.8 Å². The highest BCUT2D eigenvalue weighted by Crippen LogP contribution is 2.07. The summed E-state index contributed by atoms with van der Waals surface area (Å²) in [6, 6.07) is 6.44. The molecule has 1 aromatic carbocycles. The summed E-state index contributed by atoms with van der Waals surface area (Å²) < 4.78 is 18.5. The van der Waals surface area contributed by atoms with Gasteiger partial charge < -0.3 is 15.2 Å². The first kappa shape index (κ1) is 14.7. The van der Waals surface area contributed by atoms with E-state index in [0.717, 1.165) is 0 Å². The maximum atomic E-state index is 13.2. The van der Waals surface area contributed by atoms with Crippen LogP contribution in [-0.4, -0.2) is 30.9 Å². The van der Waals surface area contributed by atoms with E-state index < -0.39 is 6.10 Å². The number of aliphatic hydroxyl groups is 1. The van der Waals surface area contributed by atoms with E-state index in [9.17, 15) is 9.50 Å². The molecule has 0 heterocycles. The van der Waals surface area contributed by atoms with Crippen LogP contribution in [0.4, 0.5) is 4.39 Å². The van der Waals surface area contributed by atoms with Gasteiger partial charge in [-0.3, -0.25) is 0 Å². The molecule has 1 aromatic rings. The lowest BCUT2D eigenvalue weighted by Crippen LogP contribution is -2.30. The van der Waals surface area contributed by atoms with Crippen molar-refractivity contribution in [2.24, 2.45) is 0 Å². The van der Waals surface area contributed by atoms with E-state index >= 15 is 0 Å². The number of rotatable bonds is 7. The van der Waals surface area contributed by atoms with Crippen LogP contribution in [0.5, 0.6) is 0 Å². The molecule has 0 aliphatic carbocycles. The number of hydrogen-bond donors (Lipinski definition) is 2. The number of nitrogens with one attached hydrogen (secondary N) is 1. The number of hydrogen-bond acceptors (Lipinski definition) is 3. The van der Waals surface area contributed by atoms with E-state index in [2.05, 4.69) is 17.2 Å². The predicted molar refractivity (Wildman–Crippen MR) is 68.4 cm³/mol. The SMILES string of the molecule is CC#CCNCC(O)COCc1ccccc1F. The van der Waals surface area contributed by atoms with Crippen molar-refractivity contribution in [2.75, 3.05) is 19.7 Å². The fourth-order valence-corrected chi connectivity index (χ4v) is 1.37. The van der Waals surface area contributed by atoms with Crippen LogP contribution in [0.1, 0.15) is 12.5 Å². The summed E-state index contributed by atoms with van der Waals surface area (Å²) in [5.41, 5.74) is 0.495. The van der Waals surface area contributed by atoms with E-state index in [-0.39, 0.29) is 19.0 Å². The average Bonchev–Trinajstić information content (AvgIpc) is 2.37. The monoisotopic (exact) mass is 251 g/mol. The standard InChI is InChI=1S/C14H18FNO2/c1-2-3-8-16-9-13(17)11-18-10-12-6-4-5-7-14(12)15/h4-7,13,16-17H,8-11H2,1H3. The first-order valence-corrected chi connectivity index (χ1v) is 5.83. The van der Waals surface area contributed by atoms with E-state index in [1.807, 2.05) is 0 Å². The van der Waals surface area contributed by atoms with Gasteiger partial charge in [0.15, 0.2) is 0 Å². The maximum Gasteiger partial charge on any atom is 0.128 e. The van der Waals surface area contributed by atoms with Crippen molar-refractivity contribution >= 4 is 0 Å². The second-order valence-corrected chi connectivity index (χ2v) is 3.82. The number of benzene rings is 1. The fraction of sp³-hybridized carbons (Fsp3) is 0.429. The Balaban J connectivity index is 2.17. The third-order valence-electron chi connectivity index (χ3n) is 2.30. The Bertz CT molecular complexity index is 412. The summed E-state index contributed by atoms with van der Waals surface area (Å²) in [5.74, 6) is 5.29. The van der Waals surface area contributed by atoms with Crippen LogP contribution in [0.3, 0.4) is 0 Å². The van der Waals surface area contributed by atoms with Crippen molar-refractivity contribution in [1.29, 1.82) is 0 Å². The van der Waals surface area contributed by atoms with Crippen LogP contribution in [0, 0.1) is 17.7 Å². The number of halogens is 1. The van der Waals surface area contributed by atoms with Gasteiger partial charge in [0.1, 0.15) is 5.82 Å². The summed E-state index contributed by atoms with van der Waals surface area (Å²) in [4.78, 5) is 0. The Morgan fingerprint density at radius 1 is 1.44 bits per heavy atom. The van der Waals surface area contributed by atoms with Crippen molar-refractivity contribution in [3.63, 3.8) is 0 Å². The predicted octanol–water partition coefficient (Wildman–Crippen LogP) is 1.32. The molecule has 98 valence electrons. The van der Waals surface area contributed by atoms with Gasteiger partial charge in [0.05, 0.1) is 25.9 Å². The van der Waals surface area contributed by atoms with Crippen LogP contribution in [0.15, 0.2) is 24.3 Å². The van der Waals surface area contributed by atoms with Crippen molar-refractivity contribution < 1.29 is 14.2 Å². The second-order valence-electron chi connectivity index (χ2n) is 3.82. The molecule has 1 unspecified atom stereocenters. The van der Waals surface area contributed by atoms with Gasteiger partial charge in [-0.2, -0.15) is 0 Å². The minimum Gasteiger partial charge on any atom is -0.389 e. The highest BCUT2D eigenvalue weighted by atomic mass is 19.1. The smallest absolute Gasteiger partial charge is 0.128 e. The molecule has 1 rings (SSSR count). The Morgan fingerprint density at radius 3 is 2.94 bits per heavy atom. The lowest BCUT2D eigenvalue weighted by Gasteiger charge is -2.11. The summed E-state index contributed by atoms with van der Waals surface area (Å²) in [6.07, 6.45) is -0.615. The van der Waals surface area contributed by atoms with E-state index in [1.165, 1.54) is 6.07 Å². The Hall–Kier alpha value is -1.41. The second kappa shape index (κ2) is 8.65. The highest BCUT2D eigenvalue weighted by Gasteiger charge is 2.05. The third kappa shape index (κ3) is 5.78. The molecule has 3 nitrogen and oxygen atoms in total. The number of ether oxygens (including phenoxy) is 1. The van der Waals surface area contributed by atoms with Gasteiger partial charge in [-0.05, 0) is 13.0 Å². The first-order valence-electron chi connectivity index (χ1n) is 5.83. The Kier molecular flexibility index (Phi) is 7.04. The molecule has 0 amide bonds. The zero-order chi connectivity index (χ0) is 13.2. The molecular formula is C14H18FNO2. The molecule has 0 saturated heterocycles. The summed E-state index contributed by atoms with van der Waals surface area (Å²) >= 11 is 0. The van der Waals surface area contributed by atoms with E-state index in [1.54, 1.807) is 25.1 Å². The normalized spacial score (nSPS) is 11.7. The lowest BCUT2D eigenvalue weighted by molar-refractivity contribution is 0.0284. The molecule has 0 aliphatic rings. The molecule has 18 heavy (non-hydrogen) atoms. The minimum absolute atomic E-state index is 0.165. The van der Waals surface area contributed by atoms with Gasteiger partial charge in [-0.25, -0.2) is 4.39 Å². The molecular weight excluding hydrogens is 233 g/mol. The summed E-state index contributed by atoms with van der Waals surface area (Å²) in [7, 11) is 0. The largest absolute Gasteiger partial charge is 0.389 e. The van der Waals surface area contributed by atoms with E-state index in [4.69, 9.17) is 4.74 Å². The zero-order valence-electron chi connectivity index (χ0n) is 10.4. The van der Waals surface area contributed by atoms with Crippen LogP contribution < -0.4 is 5.32 Å². The number of aliphatic hydroxyl groups excluding tert-OH is 1. The molecule has 0 aromatic heterocycles. The van der Waals surface area contributed by atoms with Crippen LogP contribution in [0.25, 0.3) is 0 Å². The topological polar surface area (TPSA) is 41.5 Å². The first-order chi connectivity index (χ1) is 8.74. The molecule has 0 bridgehead atoms. The van der Waals surface area contributed by atoms with Gasteiger partial charge in [-0.1, -0.05) is 24.1 Å². The fourth-order valence-electron chi connectivity index (χ4n) is 1.37. The molecule has 0 radical (unpaired) electrons. The Morgan fingerprint density at radius 2 is 2.22 bits per heavy atom. The molecule has 1 atom stereocenters. The van der Waals surface area contributed by atoms with Crippen LogP contribution >= 0.6 is 0 Å². The van der Waals surface area contributed by atoms with Gasteiger partial charge in [0.2, 0.25) is 0 Å². The van der Waals surface area contributed by atoms with Crippen molar-refractivity contribution in [3.05, 3.63) is 35.6 Å². The van der Waals surface area contributed by atoms with Crippen molar-refractivity contribution in [1.82, 2.24) is 5.32 Å². The third-order valence-corrected chi connectivity index (χ3v) is 2.30. The van der Waals surface area contributed by atoms with Gasteiger partial charge in [-0.15, -0.1) is 5.92 Å². The molecule has 0 fully saturated rings. The summed E-state index contributed by atoms with van der Waals surface area (Å²) in [5, 5.41) is 12.5. The van der Waals surface area contributed by atoms with Crippen molar-refractivity contribution in [2.45, 2.75) is 19.6 Å². The molecule has 0 saturated carbocycles. The molecule has 0 spiro atoms.